The minimum absolute atomic E-state index is 0.178. The van der Waals surface area contributed by atoms with E-state index in [0.29, 0.717) is 41.1 Å². The van der Waals surface area contributed by atoms with Gasteiger partial charge in [-0.15, -0.1) is 0 Å². The van der Waals surface area contributed by atoms with Gasteiger partial charge in [-0.2, -0.15) is 5.10 Å². The lowest BCUT2D eigenvalue weighted by Gasteiger charge is -2.11. The molecule has 1 amide bonds. The van der Waals surface area contributed by atoms with Gasteiger partial charge in [-0.3, -0.25) is 9.48 Å². The normalized spacial score (nSPS) is 10.9. The number of hydrogen-bond donors (Lipinski definition) is 1. The van der Waals surface area contributed by atoms with Crippen LogP contribution in [0, 0.1) is 0 Å². The van der Waals surface area contributed by atoms with Crippen molar-refractivity contribution in [3.8, 4) is 5.75 Å². The van der Waals surface area contributed by atoms with Crippen molar-refractivity contribution in [3.63, 3.8) is 0 Å². The monoisotopic (exact) mass is 470 g/mol. The van der Waals surface area contributed by atoms with Gasteiger partial charge in [0.2, 0.25) is 0 Å². The number of amides is 1. The quantitative estimate of drug-likeness (QED) is 0.281. The Morgan fingerprint density at radius 1 is 1.03 bits per heavy atom. The molecule has 2 heterocycles. The van der Waals surface area contributed by atoms with Crippen molar-refractivity contribution in [1.29, 1.82) is 0 Å². The Balaban J connectivity index is 1.22. The smallest absolute Gasteiger partial charge is 0.257 e. The highest BCUT2D eigenvalue weighted by Crippen LogP contribution is 2.28. The van der Waals surface area contributed by atoms with E-state index in [1.807, 2.05) is 85.1 Å². The molecule has 8 heteroatoms. The lowest BCUT2D eigenvalue weighted by Crippen LogP contribution is -2.14. The first kappa shape index (κ1) is 21.8. The Morgan fingerprint density at radius 3 is 2.79 bits per heavy atom. The van der Waals surface area contributed by atoms with Crippen molar-refractivity contribution < 1.29 is 13.9 Å². The topological polar surface area (TPSA) is 82.2 Å². The zero-order valence-electron chi connectivity index (χ0n) is 18.3. The summed E-state index contributed by atoms with van der Waals surface area (Å²) in [4.78, 5) is 17.6. The third-order valence-corrected chi connectivity index (χ3v) is 6.00. The van der Waals surface area contributed by atoms with E-state index in [2.05, 4.69) is 15.4 Å². The van der Waals surface area contributed by atoms with Crippen LogP contribution in [-0.2, 0) is 12.3 Å². The highest BCUT2D eigenvalue weighted by molar-refractivity contribution is 7.98. The van der Waals surface area contributed by atoms with E-state index < -0.39 is 0 Å². The molecule has 5 rings (SSSR count). The van der Waals surface area contributed by atoms with Crippen LogP contribution in [0.4, 0.5) is 5.69 Å². The van der Waals surface area contributed by atoms with Crippen LogP contribution < -0.4 is 10.1 Å². The minimum atomic E-state index is -0.178. The maximum absolute atomic E-state index is 13.1. The van der Waals surface area contributed by atoms with Crippen molar-refractivity contribution in [3.05, 3.63) is 102 Å². The minimum Gasteiger partial charge on any atom is -0.492 e. The molecule has 0 aliphatic rings. The second kappa shape index (κ2) is 10.3. The number of hydrogen-bond acceptors (Lipinski definition) is 6. The molecule has 34 heavy (non-hydrogen) atoms. The first-order valence-electron chi connectivity index (χ1n) is 10.8. The Hall–Kier alpha value is -4.04. The lowest BCUT2D eigenvalue weighted by atomic mass is 10.1. The van der Waals surface area contributed by atoms with Crippen LogP contribution >= 0.6 is 11.8 Å². The van der Waals surface area contributed by atoms with Crippen LogP contribution in [0.1, 0.15) is 15.9 Å². The Morgan fingerprint density at radius 2 is 1.91 bits per heavy atom. The predicted molar refractivity (Wildman–Crippen MR) is 132 cm³/mol. The number of rotatable bonds is 9. The summed E-state index contributed by atoms with van der Waals surface area (Å²) in [7, 11) is 0. The van der Waals surface area contributed by atoms with E-state index >= 15 is 0 Å². The third-order valence-electron chi connectivity index (χ3n) is 5.13. The first-order chi connectivity index (χ1) is 16.7. The molecule has 0 aliphatic heterocycles. The molecule has 2 aromatic heterocycles. The van der Waals surface area contributed by atoms with E-state index in [1.165, 1.54) is 11.8 Å². The van der Waals surface area contributed by atoms with Gasteiger partial charge in [0.05, 0.1) is 6.54 Å². The van der Waals surface area contributed by atoms with Crippen molar-refractivity contribution in [2.75, 3.05) is 11.9 Å². The molecule has 0 saturated carbocycles. The SMILES string of the molecule is O=C(Nc1cccc(OCCn2cccn2)c1)c1ccccc1CSc1nc2ccccc2o1. The molecule has 170 valence electrons. The zero-order chi connectivity index (χ0) is 23.2. The van der Waals surface area contributed by atoms with Gasteiger partial charge >= 0.3 is 0 Å². The van der Waals surface area contributed by atoms with E-state index in [0.717, 1.165) is 16.7 Å². The number of oxazole rings is 1. The summed E-state index contributed by atoms with van der Waals surface area (Å²) in [6.45, 7) is 1.13. The second-order valence-electron chi connectivity index (χ2n) is 7.49. The van der Waals surface area contributed by atoms with Gasteiger partial charge in [-0.05, 0) is 42.0 Å². The van der Waals surface area contributed by atoms with Crippen LogP contribution in [-0.4, -0.2) is 27.3 Å². The lowest BCUT2D eigenvalue weighted by molar-refractivity contribution is 0.102. The summed E-state index contributed by atoms with van der Waals surface area (Å²) in [6.07, 6.45) is 3.62. The fourth-order valence-electron chi connectivity index (χ4n) is 3.47. The predicted octanol–water partition coefficient (Wildman–Crippen LogP) is 5.65. The standard InChI is InChI=1S/C26H22N4O3S/c31-25(28-20-8-5-9-21(17-20)32-16-15-30-14-6-13-27-30)22-10-2-1-7-19(22)18-34-26-29-23-11-3-4-12-24(23)33-26/h1-14,17H,15-16,18H2,(H,28,31). The number of benzene rings is 3. The van der Waals surface area contributed by atoms with Crippen LogP contribution in [0.3, 0.4) is 0 Å². The Bertz CT molecular complexity index is 1370. The molecule has 5 aromatic rings. The molecule has 0 atom stereocenters. The number of anilines is 1. The van der Waals surface area contributed by atoms with Gasteiger partial charge in [0.25, 0.3) is 11.1 Å². The molecule has 0 radical (unpaired) electrons. The second-order valence-corrected chi connectivity index (χ2v) is 8.42. The zero-order valence-corrected chi connectivity index (χ0v) is 19.1. The third kappa shape index (κ3) is 5.29. The van der Waals surface area contributed by atoms with Gasteiger partial charge in [0.15, 0.2) is 5.58 Å². The summed E-state index contributed by atoms with van der Waals surface area (Å²) in [5.74, 6) is 1.07. The number of carbonyl (C=O) groups is 1. The van der Waals surface area contributed by atoms with Crippen LogP contribution in [0.25, 0.3) is 11.1 Å². The van der Waals surface area contributed by atoms with Gasteiger partial charge in [0.1, 0.15) is 17.9 Å². The van der Waals surface area contributed by atoms with Crippen LogP contribution in [0.5, 0.6) is 5.75 Å². The van der Waals surface area contributed by atoms with E-state index in [-0.39, 0.29) is 5.91 Å². The number of aromatic nitrogens is 3. The molecule has 3 aromatic carbocycles. The summed E-state index contributed by atoms with van der Waals surface area (Å²) in [5, 5.41) is 7.72. The molecular weight excluding hydrogens is 448 g/mol. The molecular formula is C26H22N4O3S. The van der Waals surface area contributed by atoms with Gasteiger partial charge in [0, 0.05) is 35.5 Å². The highest BCUT2D eigenvalue weighted by atomic mass is 32.2. The van der Waals surface area contributed by atoms with E-state index in [4.69, 9.17) is 9.15 Å². The number of thioether (sulfide) groups is 1. The summed E-state index contributed by atoms with van der Waals surface area (Å²) in [6, 6.07) is 24.5. The molecule has 7 nitrogen and oxygen atoms in total. The number of nitrogens with one attached hydrogen (secondary N) is 1. The van der Waals surface area contributed by atoms with Crippen molar-refractivity contribution in [1.82, 2.24) is 14.8 Å². The largest absolute Gasteiger partial charge is 0.492 e. The summed E-state index contributed by atoms with van der Waals surface area (Å²) < 4.78 is 13.4. The first-order valence-corrected chi connectivity index (χ1v) is 11.8. The number of nitrogens with zero attached hydrogens (tertiary/aromatic N) is 3. The van der Waals surface area contributed by atoms with E-state index in [9.17, 15) is 4.79 Å². The van der Waals surface area contributed by atoms with Gasteiger partial charge in [-0.25, -0.2) is 4.98 Å². The van der Waals surface area contributed by atoms with Gasteiger partial charge < -0.3 is 14.5 Å². The maximum Gasteiger partial charge on any atom is 0.257 e. The average Bonchev–Trinajstić information content (AvgIpc) is 3.53. The summed E-state index contributed by atoms with van der Waals surface area (Å²) in [5.41, 5.74) is 3.75. The molecule has 0 spiro atoms. The molecule has 0 unspecified atom stereocenters. The van der Waals surface area contributed by atoms with Crippen molar-refractivity contribution in [2.24, 2.45) is 0 Å². The van der Waals surface area contributed by atoms with Crippen LogP contribution in [0.15, 0.2) is 101 Å². The Labute approximate surface area is 200 Å². The fourth-order valence-corrected chi connectivity index (χ4v) is 4.31. The molecule has 1 N–H and O–H groups in total. The number of fused-ring (bicyclic) bond motifs is 1. The number of para-hydroxylation sites is 2. The van der Waals surface area contributed by atoms with Crippen molar-refractivity contribution >= 4 is 34.5 Å². The van der Waals surface area contributed by atoms with E-state index in [1.54, 1.807) is 10.9 Å². The average molecular weight is 471 g/mol. The van der Waals surface area contributed by atoms with Crippen LogP contribution in [0.2, 0.25) is 0 Å². The number of carbonyl (C=O) groups excluding carboxylic acids is 1. The molecule has 0 fully saturated rings. The maximum atomic E-state index is 13.1. The number of ether oxygens (including phenoxy) is 1. The van der Waals surface area contributed by atoms with Gasteiger partial charge in [-0.1, -0.05) is 48.2 Å². The highest BCUT2D eigenvalue weighted by Gasteiger charge is 2.14. The fraction of sp³-hybridized carbons (Fsp3) is 0.115. The molecule has 0 saturated heterocycles. The molecule has 0 aliphatic carbocycles. The summed E-state index contributed by atoms with van der Waals surface area (Å²) >= 11 is 1.46. The Kier molecular flexibility index (Phi) is 6.58. The molecule has 0 bridgehead atoms. The van der Waals surface area contributed by atoms with Crippen molar-refractivity contribution in [2.45, 2.75) is 17.5 Å².